The van der Waals surface area contributed by atoms with Crippen molar-refractivity contribution >= 4 is 11.9 Å². The third kappa shape index (κ3) is 8.06. The summed E-state index contributed by atoms with van der Waals surface area (Å²) < 4.78 is 0. The predicted octanol–water partition coefficient (Wildman–Crippen LogP) is 1.51. The minimum absolute atomic E-state index is 0.170. The largest absolute Gasteiger partial charge is 0.481 e. The van der Waals surface area contributed by atoms with E-state index in [0.29, 0.717) is 18.9 Å². The van der Waals surface area contributed by atoms with Crippen LogP contribution in [-0.4, -0.2) is 29.1 Å². The second-order valence-electron chi connectivity index (χ2n) is 5.35. The highest BCUT2D eigenvalue weighted by molar-refractivity contribution is 5.84. The Morgan fingerprint density at radius 1 is 1.28 bits per heavy atom. The molecule has 1 atom stereocenters. The van der Waals surface area contributed by atoms with E-state index in [0.717, 1.165) is 19.3 Å². The molecule has 18 heavy (non-hydrogen) atoms. The molecule has 0 fully saturated rings. The minimum atomic E-state index is -0.860. The Bertz CT molecular complexity index is 272. The molecule has 106 valence electrons. The van der Waals surface area contributed by atoms with Gasteiger partial charge in [-0.15, -0.1) is 0 Å². The van der Waals surface area contributed by atoms with Crippen LogP contribution in [0.2, 0.25) is 0 Å². The molecule has 0 aliphatic heterocycles. The smallest absolute Gasteiger partial charge is 0.303 e. The van der Waals surface area contributed by atoms with Crippen molar-refractivity contribution < 1.29 is 14.7 Å². The molecule has 1 unspecified atom stereocenters. The Morgan fingerprint density at radius 3 is 2.33 bits per heavy atom. The quantitative estimate of drug-likeness (QED) is 0.584. The summed E-state index contributed by atoms with van der Waals surface area (Å²) in [6.45, 7) is 5.96. The molecule has 0 spiro atoms. The van der Waals surface area contributed by atoms with E-state index in [9.17, 15) is 9.59 Å². The van der Waals surface area contributed by atoms with Crippen molar-refractivity contribution in [1.82, 2.24) is 5.32 Å². The van der Waals surface area contributed by atoms with Crippen LogP contribution < -0.4 is 11.1 Å². The number of nitrogens with one attached hydrogen (secondary N) is 1. The number of nitrogens with two attached hydrogens (primary N) is 1. The van der Waals surface area contributed by atoms with Gasteiger partial charge in [0.1, 0.15) is 0 Å². The van der Waals surface area contributed by atoms with Crippen molar-refractivity contribution in [2.24, 2.45) is 11.7 Å². The fourth-order valence-corrected chi connectivity index (χ4v) is 1.79. The summed E-state index contributed by atoms with van der Waals surface area (Å²) in [5, 5.41) is 11.5. The number of aliphatic carboxylic acids is 1. The highest BCUT2D eigenvalue weighted by Gasteiger charge is 2.21. The monoisotopic (exact) mass is 258 g/mol. The molecule has 0 bridgehead atoms. The topological polar surface area (TPSA) is 92.4 Å². The maximum Gasteiger partial charge on any atom is 0.303 e. The van der Waals surface area contributed by atoms with E-state index in [4.69, 9.17) is 10.8 Å². The van der Waals surface area contributed by atoms with Crippen LogP contribution in [0.15, 0.2) is 0 Å². The first-order valence-corrected chi connectivity index (χ1v) is 6.56. The molecule has 0 saturated heterocycles. The standard InChI is InChI=1S/C13H26N2O3/c1-4-5-10(6-7-11(16)17)8-9-15-12(18)13(2,3)14/h10H,4-9,14H2,1-3H3,(H,15,18)(H,16,17). The van der Waals surface area contributed by atoms with E-state index >= 15 is 0 Å². The molecular formula is C13H26N2O3. The number of carboxylic acids is 1. The van der Waals surface area contributed by atoms with Crippen molar-refractivity contribution in [3.63, 3.8) is 0 Å². The summed E-state index contributed by atoms with van der Waals surface area (Å²) in [6, 6.07) is 0. The van der Waals surface area contributed by atoms with Crippen LogP contribution in [-0.2, 0) is 9.59 Å². The second-order valence-corrected chi connectivity index (χ2v) is 5.35. The average molecular weight is 258 g/mol. The average Bonchev–Trinajstić information content (AvgIpc) is 2.24. The zero-order valence-corrected chi connectivity index (χ0v) is 11.7. The number of rotatable bonds is 9. The van der Waals surface area contributed by atoms with E-state index in [-0.39, 0.29) is 12.3 Å². The highest BCUT2D eigenvalue weighted by atomic mass is 16.4. The van der Waals surface area contributed by atoms with Gasteiger partial charge in [0.05, 0.1) is 5.54 Å². The fraction of sp³-hybridized carbons (Fsp3) is 0.846. The number of carbonyl (C=O) groups excluding carboxylic acids is 1. The van der Waals surface area contributed by atoms with Crippen molar-refractivity contribution in [2.45, 2.75) is 58.4 Å². The lowest BCUT2D eigenvalue weighted by molar-refractivity contribution is -0.137. The molecular weight excluding hydrogens is 232 g/mol. The third-order valence-corrected chi connectivity index (χ3v) is 2.89. The molecule has 0 rings (SSSR count). The maximum absolute atomic E-state index is 11.5. The number of carbonyl (C=O) groups is 2. The molecule has 0 radical (unpaired) electrons. The minimum Gasteiger partial charge on any atom is -0.481 e. The molecule has 0 aromatic carbocycles. The second kappa shape index (κ2) is 8.08. The lowest BCUT2D eigenvalue weighted by atomic mass is 9.94. The van der Waals surface area contributed by atoms with Gasteiger partial charge in [0.2, 0.25) is 5.91 Å². The molecule has 0 heterocycles. The molecule has 1 amide bonds. The molecule has 0 aliphatic rings. The Balaban J connectivity index is 3.96. The van der Waals surface area contributed by atoms with Gasteiger partial charge in [-0.3, -0.25) is 9.59 Å². The number of carboxylic acid groups (broad SMARTS) is 1. The van der Waals surface area contributed by atoms with Gasteiger partial charge in [-0.25, -0.2) is 0 Å². The highest BCUT2D eigenvalue weighted by Crippen LogP contribution is 2.17. The summed E-state index contributed by atoms with van der Waals surface area (Å²) in [4.78, 5) is 22.1. The number of hydrogen-bond donors (Lipinski definition) is 3. The zero-order chi connectivity index (χ0) is 14.2. The predicted molar refractivity (Wildman–Crippen MR) is 71.2 cm³/mol. The van der Waals surface area contributed by atoms with Crippen LogP contribution in [0.5, 0.6) is 0 Å². The van der Waals surface area contributed by atoms with Crippen LogP contribution >= 0.6 is 0 Å². The summed E-state index contributed by atoms with van der Waals surface area (Å²) in [5.41, 5.74) is 4.80. The molecule has 0 aromatic heterocycles. The Morgan fingerprint density at radius 2 is 1.89 bits per heavy atom. The first kappa shape index (κ1) is 16.9. The number of hydrogen-bond acceptors (Lipinski definition) is 3. The van der Waals surface area contributed by atoms with Crippen molar-refractivity contribution in [3.05, 3.63) is 0 Å². The van der Waals surface area contributed by atoms with Gasteiger partial charge < -0.3 is 16.2 Å². The summed E-state index contributed by atoms with van der Waals surface area (Å²) >= 11 is 0. The first-order chi connectivity index (χ1) is 8.27. The molecule has 0 saturated carbocycles. The van der Waals surface area contributed by atoms with Crippen LogP contribution in [0, 0.1) is 5.92 Å². The van der Waals surface area contributed by atoms with Gasteiger partial charge >= 0.3 is 5.97 Å². The van der Waals surface area contributed by atoms with Gasteiger partial charge in [-0.05, 0) is 32.6 Å². The fourth-order valence-electron chi connectivity index (χ4n) is 1.79. The first-order valence-electron chi connectivity index (χ1n) is 6.56. The van der Waals surface area contributed by atoms with E-state index < -0.39 is 11.5 Å². The van der Waals surface area contributed by atoms with E-state index in [1.807, 2.05) is 0 Å². The Hall–Kier alpha value is -1.10. The Kier molecular flexibility index (Phi) is 7.59. The lowest BCUT2D eigenvalue weighted by Gasteiger charge is -2.20. The molecule has 0 aromatic rings. The zero-order valence-electron chi connectivity index (χ0n) is 11.7. The number of amides is 1. The van der Waals surface area contributed by atoms with Gasteiger partial charge in [0, 0.05) is 13.0 Å². The molecule has 0 aliphatic carbocycles. The third-order valence-electron chi connectivity index (χ3n) is 2.89. The van der Waals surface area contributed by atoms with Gasteiger partial charge in [-0.2, -0.15) is 0 Å². The molecule has 5 heteroatoms. The van der Waals surface area contributed by atoms with Crippen LogP contribution in [0.4, 0.5) is 0 Å². The summed E-state index contributed by atoms with van der Waals surface area (Å²) in [6.07, 6.45) is 3.70. The van der Waals surface area contributed by atoms with E-state index in [1.165, 1.54) is 0 Å². The lowest BCUT2D eigenvalue weighted by Crippen LogP contribution is -2.49. The van der Waals surface area contributed by atoms with Crippen molar-refractivity contribution in [1.29, 1.82) is 0 Å². The SMILES string of the molecule is CCCC(CCNC(=O)C(C)(C)N)CCC(=O)O. The van der Waals surface area contributed by atoms with E-state index in [1.54, 1.807) is 13.8 Å². The van der Waals surface area contributed by atoms with Crippen LogP contribution in [0.1, 0.15) is 52.9 Å². The van der Waals surface area contributed by atoms with Crippen LogP contribution in [0.3, 0.4) is 0 Å². The van der Waals surface area contributed by atoms with E-state index in [2.05, 4.69) is 12.2 Å². The normalized spacial score (nSPS) is 13.1. The summed E-state index contributed by atoms with van der Waals surface area (Å²) in [5.74, 6) is -0.577. The maximum atomic E-state index is 11.5. The Labute approximate surface area is 109 Å². The molecule has 4 N–H and O–H groups in total. The summed E-state index contributed by atoms with van der Waals surface area (Å²) in [7, 11) is 0. The van der Waals surface area contributed by atoms with Crippen molar-refractivity contribution in [3.8, 4) is 0 Å². The van der Waals surface area contributed by atoms with Crippen LogP contribution in [0.25, 0.3) is 0 Å². The van der Waals surface area contributed by atoms with Gasteiger partial charge in [-0.1, -0.05) is 19.8 Å². The molecule has 5 nitrogen and oxygen atoms in total. The van der Waals surface area contributed by atoms with Crippen molar-refractivity contribution in [2.75, 3.05) is 6.54 Å². The van der Waals surface area contributed by atoms with Gasteiger partial charge in [0.15, 0.2) is 0 Å². The van der Waals surface area contributed by atoms with Gasteiger partial charge in [0.25, 0.3) is 0 Å².